The van der Waals surface area contributed by atoms with Crippen LogP contribution < -0.4 is 5.73 Å². The maximum atomic E-state index is 6.08. The van der Waals surface area contributed by atoms with Crippen molar-refractivity contribution in [2.24, 2.45) is 7.05 Å². The van der Waals surface area contributed by atoms with E-state index in [0.29, 0.717) is 5.69 Å². The zero-order chi connectivity index (χ0) is 12.7. The van der Waals surface area contributed by atoms with Crippen LogP contribution in [-0.2, 0) is 7.05 Å². The summed E-state index contributed by atoms with van der Waals surface area (Å²) in [5, 5.41) is 0. The fourth-order valence-corrected chi connectivity index (χ4v) is 2.36. The number of halogens is 1. The van der Waals surface area contributed by atoms with Crippen molar-refractivity contribution in [3.05, 3.63) is 41.0 Å². The first-order valence-corrected chi connectivity index (χ1v) is 6.29. The van der Waals surface area contributed by atoms with Gasteiger partial charge in [0.1, 0.15) is 5.82 Å². The second kappa shape index (κ2) is 4.10. The number of nitrogens with two attached hydrogens (primary N) is 1. The zero-order valence-corrected chi connectivity index (χ0v) is 11.3. The van der Waals surface area contributed by atoms with E-state index in [1.54, 1.807) is 6.20 Å². The molecule has 4 nitrogen and oxygen atoms in total. The third-order valence-corrected chi connectivity index (χ3v) is 3.64. The number of aryl methyl sites for hydroxylation is 1. The lowest BCUT2D eigenvalue weighted by Gasteiger charge is -2.07. The third kappa shape index (κ3) is 1.59. The average molecular weight is 303 g/mol. The molecule has 0 unspecified atom stereocenters. The van der Waals surface area contributed by atoms with Gasteiger partial charge < -0.3 is 10.3 Å². The summed E-state index contributed by atoms with van der Waals surface area (Å²) in [6.45, 7) is 0. The van der Waals surface area contributed by atoms with Crippen molar-refractivity contribution >= 4 is 32.8 Å². The second-order valence-electron chi connectivity index (χ2n) is 4.04. The summed E-state index contributed by atoms with van der Waals surface area (Å²) in [5.74, 6) is 0.822. The molecule has 18 heavy (non-hydrogen) atoms. The molecule has 0 radical (unpaired) electrons. The molecule has 0 saturated heterocycles. The molecule has 3 rings (SSSR count). The first-order chi connectivity index (χ1) is 8.68. The first kappa shape index (κ1) is 11.2. The monoisotopic (exact) mass is 302 g/mol. The molecule has 3 aromatic rings. The second-order valence-corrected chi connectivity index (χ2v) is 4.90. The number of hydrogen-bond donors (Lipinski definition) is 1. The van der Waals surface area contributed by atoms with Gasteiger partial charge in [-0.15, -0.1) is 0 Å². The number of aromatic nitrogens is 3. The molecule has 2 aromatic heterocycles. The summed E-state index contributed by atoms with van der Waals surface area (Å²) < 4.78 is 2.88. The molecule has 0 saturated carbocycles. The van der Waals surface area contributed by atoms with E-state index in [9.17, 15) is 0 Å². The highest BCUT2D eigenvalue weighted by Crippen LogP contribution is 2.32. The van der Waals surface area contributed by atoms with Crippen molar-refractivity contribution in [1.82, 2.24) is 14.5 Å². The Morgan fingerprint density at radius 1 is 1.22 bits per heavy atom. The van der Waals surface area contributed by atoms with Gasteiger partial charge in [-0.3, -0.25) is 0 Å². The van der Waals surface area contributed by atoms with Crippen molar-refractivity contribution in [1.29, 1.82) is 0 Å². The van der Waals surface area contributed by atoms with Crippen LogP contribution in [0.1, 0.15) is 0 Å². The zero-order valence-electron chi connectivity index (χ0n) is 9.76. The minimum Gasteiger partial charge on any atom is -0.397 e. The number of rotatable bonds is 1. The highest BCUT2D eigenvalue weighted by atomic mass is 79.9. The molecule has 2 heterocycles. The van der Waals surface area contributed by atoms with Crippen LogP contribution in [0.5, 0.6) is 0 Å². The van der Waals surface area contributed by atoms with Gasteiger partial charge in [-0.25, -0.2) is 9.97 Å². The summed E-state index contributed by atoms with van der Waals surface area (Å²) in [7, 11) is 1.96. The summed E-state index contributed by atoms with van der Waals surface area (Å²) in [6.07, 6.45) is 1.74. The maximum Gasteiger partial charge on any atom is 0.178 e. The Morgan fingerprint density at radius 2 is 2.06 bits per heavy atom. The maximum absolute atomic E-state index is 6.08. The Hall–Kier alpha value is -1.88. The topological polar surface area (TPSA) is 56.7 Å². The van der Waals surface area contributed by atoms with Crippen LogP contribution in [-0.4, -0.2) is 14.5 Å². The van der Waals surface area contributed by atoms with Gasteiger partial charge in [-0.05, 0) is 40.2 Å². The predicted molar refractivity (Wildman–Crippen MR) is 76.1 cm³/mol. The number of fused-ring (bicyclic) bond motifs is 1. The summed E-state index contributed by atoms with van der Waals surface area (Å²) in [5.41, 5.74) is 9.41. The lowest BCUT2D eigenvalue weighted by atomic mass is 10.1. The van der Waals surface area contributed by atoms with Crippen LogP contribution in [0.2, 0.25) is 0 Å². The standard InChI is InChI=1S/C13H11BrN4/c1-18-10-6-3-7-16-12(10)17-13(18)8-4-2-5-9(14)11(8)15/h2-7H,15H2,1H3. The molecule has 0 aliphatic carbocycles. The lowest BCUT2D eigenvalue weighted by Crippen LogP contribution is -1.97. The Labute approximate surface area is 113 Å². The minimum atomic E-state index is 0.691. The highest BCUT2D eigenvalue weighted by Gasteiger charge is 2.13. The van der Waals surface area contributed by atoms with Crippen molar-refractivity contribution in [3.8, 4) is 11.4 Å². The molecule has 0 fully saturated rings. The van der Waals surface area contributed by atoms with E-state index in [4.69, 9.17) is 5.73 Å². The van der Waals surface area contributed by atoms with E-state index < -0.39 is 0 Å². The van der Waals surface area contributed by atoms with E-state index in [2.05, 4.69) is 25.9 Å². The fourth-order valence-electron chi connectivity index (χ4n) is 2.00. The largest absolute Gasteiger partial charge is 0.397 e. The van der Waals surface area contributed by atoms with Crippen molar-refractivity contribution < 1.29 is 0 Å². The fraction of sp³-hybridized carbons (Fsp3) is 0.0769. The number of imidazole rings is 1. The Morgan fingerprint density at radius 3 is 2.83 bits per heavy atom. The number of hydrogen-bond acceptors (Lipinski definition) is 3. The molecule has 2 N–H and O–H groups in total. The Bertz CT molecular complexity index is 733. The molecular formula is C13H11BrN4. The van der Waals surface area contributed by atoms with Crippen molar-refractivity contribution in [2.45, 2.75) is 0 Å². The molecule has 5 heteroatoms. The number of benzene rings is 1. The number of anilines is 1. The molecule has 0 bridgehead atoms. The lowest BCUT2D eigenvalue weighted by molar-refractivity contribution is 0.960. The number of nitrogens with zero attached hydrogens (tertiary/aromatic N) is 3. The Balaban J connectivity index is 2.32. The first-order valence-electron chi connectivity index (χ1n) is 5.50. The van der Waals surface area contributed by atoms with E-state index in [1.807, 2.05) is 41.9 Å². The summed E-state index contributed by atoms with van der Waals surface area (Å²) >= 11 is 3.43. The average Bonchev–Trinajstić information content (AvgIpc) is 2.71. The molecule has 90 valence electrons. The van der Waals surface area contributed by atoms with Crippen molar-refractivity contribution in [2.75, 3.05) is 5.73 Å². The van der Waals surface area contributed by atoms with Crippen LogP contribution in [0, 0.1) is 0 Å². The SMILES string of the molecule is Cn1c(-c2cccc(Br)c2N)nc2ncccc21. The van der Waals surface area contributed by atoms with Crippen LogP contribution in [0.4, 0.5) is 5.69 Å². The molecular weight excluding hydrogens is 292 g/mol. The van der Waals surface area contributed by atoms with Gasteiger partial charge in [0.25, 0.3) is 0 Å². The molecule has 0 aliphatic rings. The predicted octanol–water partition coefficient (Wildman–Crippen LogP) is 2.98. The van der Waals surface area contributed by atoms with Gasteiger partial charge in [0, 0.05) is 23.3 Å². The van der Waals surface area contributed by atoms with Gasteiger partial charge >= 0.3 is 0 Å². The summed E-state index contributed by atoms with van der Waals surface area (Å²) in [4.78, 5) is 8.79. The summed E-state index contributed by atoms with van der Waals surface area (Å²) in [6, 6.07) is 9.72. The molecule has 0 amide bonds. The minimum absolute atomic E-state index is 0.691. The van der Waals surface area contributed by atoms with Crippen LogP contribution in [0.25, 0.3) is 22.6 Å². The van der Waals surface area contributed by atoms with Crippen LogP contribution in [0.15, 0.2) is 41.0 Å². The van der Waals surface area contributed by atoms with Crippen molar-refractivity contribution in [3.63, 3.8) is 0 Å². The van der Waals surface area contributed by atoms with E-state index >= 15 is 0 Å². The van der Waals surface area contributed by atoms with Crippen LogP contribution in [0.3, 0.4) is 0 Å². The molecule has 0 spiro atoms. The number of pyridine rings is 1. The Kier molecular flexibility index (Phi) is 2.56. The normalized spacial score (nSPS) is 11.0. The van der Waals surface area contributed by atoms with Gasteiger partial charge in [0.2, 0.25) is 0 Å². The third-order valence-electron chi connectivity index (χ3n) is 2.95. The highest BCUT2D eigenvalue weighted by molar-refractivity contribution is 9.10. The molecule has 0 aliphatic heterocycles. The number of nitrogen functional groups attached to an aromatic ring is 1. The number of para-hydroxylation sites is 1. The van der Waals surface area contributed by atoms with E-state index in [0.717, 1.165) is 27.0 Å². The van der Waals surface area contributed by atoms with E-state index in [-0.39, 0.29) is 0 Å². The van der Waals surface area contributed by atoms with Gasteiger partial charge in [0.05, 0.1) is 11.2 Å². The molecule has 1 aromatic carbocycles. The van der Waals surface area contributed by atoms with Gasteiger partial charge in [0.15, 0.2) is 5.65 Å². The van der Waals surface area contributed by atoms with Gasteiger partial charge in [-0.2, -0.15) is 0 Å². The van der Waals surface area contributed by atoms with Gasteiger partial charge in [-0.1, -0.05) is 6.07 Å². The molecule has 0 atom stereocenters. The quantitative estimate of drug-likeness (QED) is 0.703. The van der Waals surface area contributed by atoms with Crippen LogP contribution >= 0.6 is 15.9 Å². The van der Waals surface area contributed by atoms with E-state index in [1.165, 1.54) is 0 Å². The smallest absolute Gasteiger partial charge is 0.178 e.